The van der Waals surface area contributed by atoms with E-state index >= 15 is 0 Å². The SMILES string of the molecule is CCNC(=O)N1CCN(C(=O)c2csc(-c3ccsc3)n2)CC1. The zero-order valence-corrected chi connectivity index (χ0v) is 14.5. The van der Waals surface area contributed by atoms with E-state index in [0.717, 1.165) is 10.6 Å². The van der Waals surface area contributed by atoms with Crippen molar-refractivity contribution >= 4 is 34.6 Å². The smallest absolute Gasteiger partial charge is 0.317 e. The lowest BCUT2D eigenvalue weighted by molar-refractivity contribution is 0.0660. The number of carbonyl (C=O) groups excluding carboxylic acids is 2. The molecule has 1 aliphatic heterocycles. The maximum Gasteiger partial charge on any atom is 0.317 e. The molecule has 0 atom stereocenters. The van der Waals surface area contributed by atoms with Crippen molar-refractivity contribution in [3.8, 4) is 10.6 Å². The topological polar surface area (TPSA) is 65.5 Å². The molecule has 1 fully saturated rings. The Morgan fingerprint density at radius 1 is 1.22 bits per heavy atom. The van der Waals surface area contributed by atoms with Gasteiger partial charge in [0.05, 0.1) is 0 Å². The van der Waals surface area contributed by atoms with Gasteiger partial charge in [0.15, 0.2) is 0 Å². The van der Waals surface area contributed by atoms with Crippen molar-refractivity contribution in [1.29, 1.82) is 0 Å². The van der Waals surface area contributed by atoms with Crippen molar-refractivity contribution in [2.45, 2.75) is 6.92 Å². The molecule has 0 unspecified atom stereocenters. The quantitative estimate of drug-likeness (QED) is 0.924. The van der Waals surface area contributed by atoms with E-state index in [-0.39, 0.29) is 11.9 Å². The summed E-state index contributed by atoms with van der Waals surface area (Å²) < 4.78 is 0. The zero-order valence-electron chi connectivity index (χ0n) is 12.8. The molecule has 0 saturated carbocycles. The molecule has 0 bridgehead atoms. The first-order chi connectivity index (χ1) is 11.2. The first-order valence-electron chi connectivity index (χ1n) is 7.49. The Labute approximate surface area is 142 Å². The fraction of sp³-hybridized carbons (Fsp3) is 0.400. The molecule has 1 aliphatic rings. The summed E-state index contributed by atoms with van der Waals surface area (Å²) in [7, 11) is 0. The fourth-order valence-electron chi connectivity index (χ4n) is 2.43. The van der Waals surface area contributed by atoms with Crippen LogP contribution in [0, 0.1) is 0 Å². The van der Waals surface area contributed by atoms with Crippen molar-refractivity contribution in [3.63, 3.8) is 0 Å². The Kier molecular flexibility index (Phi) is 4.92. The summed E-state index contributed by atoms with van der Waals surface area (Å²) in [6, 6.07) is 1.94. The van der Waals surface area contributed by atoms with Crippen molar-refractivity contribution in [2.24, 2.45) is 0 Å². The second kappa shape index (κ2) is 7.10. The van der Waals surface area contributed by atoms with Crippen LogP contribution in [-0.4, -0.2) is 59.4 Å². The number of hydrogen-bond donors (Lipinski definition) is 1. The Hall–Kier alpha value is -1.93. The van der Waals surface area contributed by atoms with Gasteiger partial charge in [0, 0.05) is 49.0 Å². The highest BCUT2D eigenvalue weighted by atomic mass is 32.1. The predicted molar refractivity (Wildman–Crippen MR) is 92.0 cm³/mol. The van der Waals surface area contributed by atoms with Gasteiger partial charge in [-0.2, -0.15) is 11.3 Å². The number of hydrogen-bond acceptors (Lipinski definition) is 5. The minimum absolute atomic E-state index is 0.0571. The number of nitrogens with one attached hydrogen (secondary N) is 1. The number of carbonyl (C=O) groups is 2. The van der Waals surface area contributed by atoms with Crippen LogP contribution in [-0.2, 0) is 0 Å². The van der Waals surface area contributed by atoms with Crippen LogP contribution < -0.4 is 5.32 Å². The summed E-state index contributed by atoms with van der Waals surface area (Å²) in [5, 5.41) is 9.49. The highest BCUT2D eigenvalue weighted by Crippen LogP contribution is 2.26. The van der Waals surface area contributed by atoms with E-state index in [1.807, 2.05) is 29.1 Å². The Morgan fingerprint density at radius 3 is 2.61 bits per heavy atom. The van der Waals surface area contributed by atoms with Gasteiger partial charge in [0.1, 0.15) is 10.7 Å². The molecule has 2 aromatic rings. The number of amides is 3. The Balaban J connectivity index is 1.60. The van der Waals surface area contributed by atoms with Gasteiger partial charge in [0.25, 0.3) is 5.91 Å². The van der Waals surface area contributed by atoms with Gasteiger partial charge in [-0.15, -0.1) is 11.3 Å². The molecule has 0 aromatic carbocycles. The average molecular weight is 350 g/mol. The van der Waals surface area contributed by atoms with E-state index in [1.54, 1.807) is 21.1 Å². The van der Waals surface area contributed by atoms with Gasteiger partial charge < -0.3 is 15.1 Å². The Bertz CT molecular complexity index is 675. The number of piperazine rings is 1. The maximum absolute atomic E-state index is 12.5. The first-order valence-corrected chi connectivity index (χ1v) is 9.31. The second-order valence-corrected chi connectivity index (χ2v) is 6.80. The molecule has 3 rings (SSSR count). The van der Waals surface area contributed by atoms with Crippen LogP contribution in [0.1, 0.15) is 17.4 Å². The molecule has 0 spiro atoms. The van der Waals surface area contributed by atoms with E-state index in [9.17, 15) is 9.59 Å². The van der Waals surface area contributed by atoms with Crippen LogP contribution >= 0.6 is 22.7 Å². The highest BCUT2D eigenvalue weighted by molar-refractivity contribution is 7.14. The summed E-state index contributed by atoms with van der Waals surface area (Å²) in [4.78, 5) is 32.3. The van der Waals surface area contributed by atoms with Crippen LogP contribution in [0.25, 0.3) is 10.6 Å². The largest absolute Gasteiger partial charge is 0.338 e. The summed E-state index contributed by atoms with van der Waals surface area (Å²) in [5.74, 6) is -0.0571. The number of nitrogens with zero attached hydrogens (tertiary/aromatic N) is 3. The summed E-state index contributed by atoms with van der Waals surface area (Å²) in [6.07, 6.45) is 0. The number of urea groups is 1. The standard InChI is InChI=1S/C15H18N4O2S2/c1-2-16-15(21)19-6-4-18(5-7-19)14(20)12-10-23-13(17-12)11-3-8-22-9-11/h3,8-10H,2,4-7H2,1H3,(H,16,21). The molecular formula is C15H18N4O2S2. The van der Waals surface area contributed by atoms with Gasteiger partial charge in [-0.3, -0.25) is 4.79 Å². The molecule has 2 aromatic heterocycles. The van der Waals surface area contributed by atoms with E-state index in [1.165, 1.54) is 11.3 Å². The molecule has 3 amide bonds. The number of thiazole rings is 1. The molecule has 122 valence electrons. The van der Waals surface area contributed by atoms with Gasteiger partial charge >= 0.3 is 6.03 Å². The molecule has 3 heterocycles. The molecule has 6 nitrogen and oxygen atoms in total. The first kappa shape index (κ1) is 15.9. The number of thiophene rings is 1. The van der Waals surface area contributed by atoms with Gasteiger partial charge in [-0.25, -0.2) is 9.78 Å². The van der Waals surface area contributed by atoms with Gasteiger partial charge in [-0.05, 0) is 18.4 Å². The molecule has 23 heavy (non-hydrogen) atoms. The normalized spacial score (nSPS) is 14.8. The van der Waals surface area contributed by atoms with Crippen LogP contribution in [0.4, 0.5) is 4.79 Å². The van der Waals surface area contributed by atoms with E-state index < -0.39 is 0 Å². The third-order valence-corrected chi connectivity index (χ3v) is 5.25. The van der Waals surface area contributed by atoms with Crippen molar-refractivity contribution < 1.29 is 9.59 Å². The summed E-state index contributed by atoms with van der Waals surface area (Å²) in [6.45, 7) is 4.70. The van der Waals surface area contributed by atoms with Gasteiger partial charge in [-0.1, -0.05) is 0 Å². The summed E-state index contributed by atoms with van der Waals surface area (Å²) in [5.41, 5.74) is 1.54. The number of rotatable bonds is 3. The van der Waals surface area contributed by atoms with Crippen molar-refractivity contribution in [2.75, 3.05) is 32.7 Å². The lowest BCUT2D eigenvalue weighted by Crippen LogP contribution is -2.53. The van der Waals surface area contributed by atoms with Crippen LogP contribution in [0.5, 0.6) is 0 Å². The molecule has 0 aliphatic carbocycles. The van der Waals surface area contributed by atoms with E-state index in [4.69, 9.17) is 0 Å². The van der Waals surface area contributed by atoms with Crippen LogP contribution in [0.3, 0.4) is 0 Å². The lowest BCUT2D eigenvalue weighted by atomic mass is 10.3. The highest BCUT2D eigenvalue weighted by Gasteiger charge is 2.26. The Morgan fingerprint density at radius 2 is 1.96 bits per heavy atom. The third kappa shape index (κ3) is 3.53. The molecule has 1 saturated heterocycles. The molecule has 0 radical (unpaired) electrons. The van der Waals surface area contributed by atoms with Crippen LogP contribution in [0.15, 0.2) is 22.2 Å². The van der Waals surface area contributed by atoms with Gasteiger partial charge in [0.2, 0.25) is 0 Å². The van der Waals surface area contributed by atoms with E-state index in [2.05, 4.69) is 10.3 Å². The van der Waals surface area contributed by atoms with Crippen molar-refractivity contribution in [1.82, 2.24) is 20.1 Å². The second-order valence-electron chi connectivity index (χ2n) is 5.16. The lowest BCUT2D eigenvalue weighted by Gasteiger charge is -2.34. The van der Waals surface area contributed by atoms with Crippen LogP contribution in [0.2, 0.25) is 0 Å². The number of aromatic nitrogens is 1. The maximum atomic E-state index is 12.5. The molecule has 1 N–H and O–H groups in total. The van der Waals surface area contributed by atoms with Crippen molar-refractivity contribution in [3.05, 3.63) is 27.9 Å². The minimum Gasteiger partial charge on any atom is -0.338 e. The summed E-state index contributed by atoms with van der Waals surface area (Å²) >= 11 is 3.10. The van der Waals surface area contributed by atoms with E-state index in [0.29, 0.717) is 38.4 Å². The third-order valence-electron chi connectivity index (χ3n) is 3.67. The molecule has 8 heteroatoms. The minimum atomic E-state index is -0.0620. The molecular weight excluding hydrogens is 332 g/mol. The monoisotopic (exact) mass is 350 g/mol. The zero-order chi connectivity index (χ0) is 16.2. The fourth-order valence-corrected chi connectivity index (χ4v) is 3.93. The predicted octanol–water partition coefficient (Wildman–Crippen LogP) is 2.36. The average Bonchev–Trinajstić information content (AvgIpc) is 3.25.